The maximum Gasteiger partial charge on any atom is 0.299 e. The van der Waals surface area contributed by atoms with Crippen molar-refractivity contribution in [3.8, 4) is 5.88 Å². The van der Waals surface area contributed by atoms with Gasteiger partial charge in [-0.3, -0.25) is 4.72 Å². The van der Waals surface area contributed by atoms with Crippen LogP contribution in [0.5, 0.6) is 5.88 Å². The molecule has 0 radical (unpaired) electrons. The molecule has 0 saturated heterocycles. The molecular weight excluding hydrogens is 389 g/mol. The summed E-state index contributed by atoms with van der Waals surface area (Å²) in [5.41, 5.74) is 1.35. The van der Waals surface area contributed by atoms with Gasteiger partial charge in [0.2, 0.25) is 5.88 Å². The van der Waals surface area contributed by atoms with E-state index in [0.717, 1.165) is 0 Å². The third-order valence-electron chi connectivity index (χ3n) is 3.36. The van der Waals surface area contributed by atoms with Crippen LogP contribution in [0.2, 0.25) is 10.0 Å². The van der Waals surface area contributed by atoms with Crippen molar-refractivity contribution < 1.29 is 13.2 Å². The Morgan fingerprint density at radius 3 is 2.60 bits per heavy atom. The van der Waals surface area contributed by atoms with Gasteiger partial charge in [-0.2, -0.15) is 17.9 Å². The Balaban J connectivity index is 2.10. The van der Waals surface area contributed by atoms with Crippen molar-refractivity contribution >= 4 is 44.7 Å². The molecule has 2 heterocycles. The van der Waals surface area contributed by atoms with Crippen LogP contribution < -0.4 is 9.46 Å². The predicted octanol–water partition coefficient (Wildman–Crippen LogP) is 2.86. The van der Waals surface area contributed by atoms with Crippen LogP contribution in [0.25, 0.3) is 5.78 Å². The number of hydrogen-bond donors (Lipinski definition) is 1. The number of anilines is 1. The van der Waals surface area contributed by atoms with Crippen molar-refractivity contribution in [1.29, 1.82) is 0 Å². The molecule has 3 aromatic rings. The van der Waals surface area contributed by atoms with Gasteiger partial charge in [-0.25, -0.2) is 4.98 Å². The molecule has 0 aliphatic carbocycles. The van der Waals surface area contributed by atoms with Gasteiger partial charge in [0.05, 0.1) is 22.8 Å². The molecule has 25 heavy (non-hydrogen) atoms. The second kappa shape index (κ2) is 6.32. The summed E-state index contributed by atoms with van der Waals surface area (Å²) in [5.74, 6) is 0.404. The summed E-state index contributed by atoms with van der Waals surface area (Å²) in [5, 5.41) is 3.84. The largest absolute Gasteiger partial charge is 0.481 e. The molecule has 1 aromatic carbocycles. The van der Waals surface area contributed by atoms with E-state index in [4.69, 9.17) is 27.9 Å². The lowest BCUT2D eigenvalue weighted by Crippen LogP contribution is -2.15. The lowest BCUT2D eigenvalue weighted by Gasteiger charge is -2.10. The summed E-state index contributed by atoms with van der Waals surface area (Å²) >= 11 is 12.2. The van der Waals surface area contributed by atoms with Crippen LogP contribution in [0, 0.1) is 13.8 Å². The van der Waals surface area contributed by atoms with Crippen LogP contribution >= 0.6 is 23.2 Å². The summed E-state index contributed by atoms with van der Waals surface area (Å²) < 4.78 is 34.0. The van der Waals surface area contributed by atoms with Gasteiger partial charge in [0.1, 0.15) is 0 Å². The molecule has 8 nitrogen and oxygen atoms in total. The molecular formula is C14H13Cl2N5O3S. The minimum atomic E-state index is -4.13. The Labute approximate surface area is 153 Å². The van der Waals surface area contributed by atoms with E-state index in [1.165, 1.54) is 11.6 Å². The molecule has 0 unspecified atom stereocenters. The fraction of sp³-hybridized carbons (Fsp3) is 0.214. The second-order valence-electron chi connectivity index (χ2n) is 5.20. The Morgan fingerprint density at radius 1 is 1.20 bits per heavy atom. The topological polar surface area (TPSA) is 98.5 Å². The summed E-state index contributed by atoms with van der Waals surface area (Å²) in [6.45, 7) is 3.47. The van der Waals surface area contributed by atoms with E-state index in [9.17, 15) is 8.42 Å². The van der Waals surface area contributed by atoms with E-state index in [1.54, 1.807) is 32.0 Å². The Kier molecular flexibility index (Phi) is 4.48. The molecule has 1 N–H and O–H groups in total. The normalized spacial score (nSPS) is 11.7. The molecule has 0 amide bonds. The number of halogens is 2. The zero-order valence-corrected chi connectivity index (χ0v) is 15.7. The van der Waals surface area contributed by atoms with Crippen LogP contribution in [0.4, 0.5) is 5.69 Å². The minimum Gasteiger partial charge on any atom is -0.481 e. The summed E-state index contributed by atoms with van der Waals surface area (Å²) in [6.07, 6.45) is 0. The molecule has 0 fully saturated rings. The molecule has 0 atom stereocenters. The molecule has 2 aromatic heterocycles. The van der Waals surface area contributed by atoms with E-state index in [0.29, 0.717) is 17.1 Å². The third kappa shape index (κ3) is 3.22. The predicted molar refractivity (Wildman–Crippen MR) is 94.1 cm³/mol. The van der Waals surface area contributed by atoms with E-state index in [-0.39, 0.29) is 21.5 Å². The first kappa shape index (κ1) is 17.7. The van der Waals surface area contributed by atoms with Gasteiger partial charge in [-0.05, 0) is 25.5 Å². The van der Waals surface area contributed by atoms with E-state index < -0.39 is 15.2 Å². The van der Waals surface area contributed by atoms with Crippen molar-refractivity contribution in [3.63, 3.8) is 0 Å². The van der Waals surface area contributed by atoms with Crippen LogP contribution in [0.3, 0.4) is 0 Å². The zero-order valence-electron chi connectivity index (χ0n) is 13.4. The Bertz CT molecular complexity index is 1080. The zero-order chi connectivity index (χ0) is 18.4. The number of benzene rings is 1. The number of sulfonamides is 1. The molecule has 0 saturated carbocycles. The van der Waals surface area contributed by atoms with Gasteiger partial charge in [-0.15, -0.1) is 5.10 Å². The highest BCUT2D eigenvalue weighted by Crippen LogP contribution is 2.34. The van der Waals surface area contributed by atoms with Crippen molar-refractivity contribution in [2.75, 3.05) is 11.8 Å². The maximum atomic E-state index is 12.6. The maximum absolute atomic E-state index is 12.6. The molecule has 0 aliphatic rings. The van der Waals surface area contributed by atoms with Crippen LogP contribution in [-0.4, -0.2) is 35.1 Å². The summed E-state index contributed by atoms with van der Waals surface area (Å²) in [7, 11) is -2.69. The first-order chi connectivity index (χ1) is 11.7. The van der Waals surface area contributed by atoms with Gasteiger partial charge >= 0.3 is 0 Å². The number of nitrogens with one attached hydrogen (secondary N) is 1. The standard InChI is InChI=1S/C14H13Cl2N5O3S/c1-7-4-5-9(15)12(11(7)16)20-25(22,23)14-18-13-17-8(2)6-10(24-3)21(13)19-14/h4-6,20H,1-3H3. The van der Waals surface area contributed by atoms with E-state index in [1.807, 2.05) is 0 Å². The van der Waals surface area contributed by atoms with Gasteiger partial charge in [0.15, 0.2) is 0 Å². The van der Waals surface area contributed by atoms with Gasteiger partial charge in [0, 0.05) is 11.8 Å². The first-order valence-corrected chi connectivity index (χ1v) is 9.22. The number of ether oxygens (including phenoxy) is 1. The number of hydrogen-bond acceptors (Lipinski definition) is 6. The average Bonchev–Trinajstić information content (AvgIpc) is 2.99. The highest BCUT2D eigenvalue weighted by atomic mass is 35.5. The summed E-state index contributed by atoms with van der Waals surface area (Å²) in [6, 6.07) is 4.84. The monoisotopic (exact) mass is 401 g/mol. The molecule has 0 bridgehead atoms. The van der Waals surface area contributed by atoms with Crippen LogP contribution in [0.1, 0.15) is 11.3 Å². The first-order valence-electron chi connectivity index (χ1n) is 6.99. The molecule has 0 aliphatic heterocycles. The third-order valence-corrected chi connectivity index (χ3v) is 5.29. The SMILES string of the molecule is COc1cc(C)nc2nc(S(=O)(=O)Nc3c(Cl)ccc(C)c3Cl)nn12. The lowest BCUT2D eigenvalue weighted by atomic mass is 10.2. The molecule has 0 spiro atoms. The molecule has 3 rings (SSSR count). The highest BCUT2D eigenvalue weighted by molar-refractivity contribution is 7.92. The van der Waals surface area contributed by atoms with Crippen molar-refractivity contribution in [2.24, 2.45) is 0 Å². The number of fused-ring (bicyclic) bond motifs is 1. The summed E-state index contributed by atoms with van der Waals surface area (Å²) in [4.78, 5) is 8.10. The smallest absolute Gasteiger partial charge is 0.299 e. The van der Waals surface area contributed by atoms with E-state index in [2.05, 4.69) is 19.8 Å². The number of nitrogens with zero attached hydrogens (tertiary/aromatic N) is 4. The second-order valence-corrected chi connectivity index (χ2v) is 7.57. The number of aryl methyl sites for hydroxylation is 2. The van der Waals surface area contributed by atoms with Crippen molar-refractivity contribution in [3.05, 3.63) is 39.5 Å². The van der Waals surface area contributed by atoms with Gasteiger partial charge in [0.25, 0.3) is 21.0 Å². The van der Waals surface area contributed by atoms with Gasteiger partial charge in [-0.1, -0.05) is 29.3 Å². The number of methoxy groups -OCH3 is 1. The fourth-order valence-corrected chi connectivity index (χ4v) is 3.67. The van der Waals surface area contributed by atoms with Crippen LogP contribution in [0.15, 0.2) is 23.4 Å². The minimum absolute atomic E-state index is 0.0679. The lowest BCUT2D eigenvalue weighted by molar-refractivity contribution is 0.383. The van der Waals surface area contributed by atoms with Crippen LogP contribution in [-0.2, 0) is 10.0 Å². The van der Waals surface area contributed by atoms with Crippen molar-refractivity contribution in [2.45, 2.75) is 19.0 Å². The molecule has 132 valence electrons. The quantitative estimate of drug-likeness (QED) is 0.721. The highest BCUT2D eigenvalue weighted by Gasteiger charge is 2.25. The average molecular weight is 402 g/mol. The molecule has 11 heteroatoms. The number of rotatable bonds is 4. The Hall–Kier alpha value is -2.10. The van der Waals surface area contributed by atoms with E-state index >= 15 is 0 Å². The fourth-order valence-electron chi connectivity index (χ4n) is 2.13. The van der Waals surface area contributed by atoms with Gasteiger partial charge < -0.3 is 4.74 Å². The number of aromatic nitrogens is 4. The Morgan fingerprint density at radius 2 is 1.92 bits per heavy atom. The van der Waals surface area contributed by atoms with Crippen molar-refractivity contribution in [1.82, 2.24) is 19.6 Å².